The number of carbonyl (C=O) groups is 1. The summed E-state index contributed by atoms with van der Waals surface area (Å²) in [6, 6.07) is -0.196. The molecule has 2 aromatic rings. The van der Waals surface area contributed by atoms with Crippen LogP contribution >= 0.6 is 11.3 Å². The lowest BCUT2D eigenvalue weighted by atomic mass is 10.3. The maximum absolute atomic E-state index is 11.7. The monoisotopic (exact) mass is 248 g/mol. The van der Waals surface area contributed by atoms with Gasteiger partial charge < -0.3 is 5.32 Å². The van der Waals surface area contributed by atoms with E-state index in [2.05, 4.69) is 15.6 Å². The van der Waals surface area contributed by atoms with E-state index in [4.69, 9.17) is 0 Å². The summed E-state index contributed by atoms with van der Waals surface area (Å²) >= 11 is 1.58. The molecule has 2 N–H and O–H groups in total. The van der Waals surface area contributed by atoms with Crippen molar-refractivity contribution in [1.82, 2.24) is 20.0 Å². The molecule has 5 nitrogen and oxygen atoms in total. The van der Waals surface area contributed by atoms with Gasteiger partial charge in [-0.05, 0) is 0 Å². The number of hydrogen-bond donors (Lipinski definition) is 2. The van der Waals surface area contributed by atoms with Crippen LogP contribution in [0, 0.1) is 0 Å². The lowest BCUT2D eigenvalue weighted by molar-refractivity contribution is -0.122. The molecule has 1 atom stereocenters. The Balaban J connectivity index is 1.62. The van der Waals surface area contributed by atoms with Crippen molar-refractivity contribution < 1.29 is 4.79 Å². The Morgan fingerprint density at radius 1 is 1.71 bits per heavy atom. The van der Waals surface area contributed by atoms with Crippen molar-refractivity contribution in [2.75, 3.05) is 6.54 Å². The molecular weight excluding hydrogens is 236 g/mol. The highest BCUT2D eigenvalue weighted by molar-refractivity contribution is 7.15. The summed E-state index contributed by atoms with van der Waals surface area (Å²) in [5.74, 6) is -0.00453. The Morgan fingerprint density at radius 2 is 2.65 bits per heavy atom. The summed E-state index contributed by atoms with van der Waals surface area (Å²) in [5, 5.41) is 7.92. The predicted octanol–water partition coefficient (Wildman–Crippen LogP) is 0.540. The second kappa shape index (κ2) is 4.31. The molecule has 1 aliphatic heterocycles. The van der Waals surface area contributed by atoms with Gasteiger partial charge in [0.15, 0.2) is 4.96 Å². The minimum absolute atomic E-state index is 0.00453. The highest BCUT2D eigenvalue weighted by Gasteiger charge is 2.17. The highest BCUT2D eigenvalue weighted by Crippen LogP contribution is 2.11. The van der Waals surface area contributed by atoms with Gasteiger partial charge in [0.25, 0.3) is 0 Å². The van der Waals surface area contributed by atoms with Crippen molar-refractivity contribution in [2.24, 2.45) is 0 Å². The predicted molar refractivity (Wildman–Crippen MR) is 65.8 cm³/mol. The zero-order chi connectivity index (χ0) is 11.7. The average molecular weight is 248 g/mol. The number of thiazole rings is 1. The fraction of sp³-hybridized carbons (Fsp3) is 0.273. The van der Waals surface area contributed by atoms with Crippen LogP contribution in [0.4, 0.5) is 0 Å². The number of hydrogen-bond acceptors (Lipinski definition) is 4. The van der Waals surface area contributed by atoms with Gasteiger partial charge in [-0.2, -0.15) is 0 Å². The maximum Gasteiger partial charge on any atom is 0.241 e. The van der Waals surface area contributed by atoms with E-state index in [1.54, 1.807) is 11.3 Å². The van der Waals surface area contributed by atoms with Crippen LogP contribution in [0.2, 0.25) is 0 Å². The Bertz CT molecular complexity index is 542. The van der Waals surface area contributed by atoms with Gasteiger partial charge in [-0.3, -0.25) is 14.5 Å². The first-order chi connectivity index (χ1) is 8.33. The molecule has 1 aliphatic rings. The van der Waals surface area contributed by atoms with Crippen molar-refractivity contribution in [1.29, 1.82) is 0 Å². The van der Waals surface area contributed by atoms with E-state index >= 15 is 0 Å². The van der Waals surface area contributed by atoms with Crippen molar-refractivity contribution in [2.45, 2.75) is 12.6 Å². The molecule has 0 saturated heterocycles. The van der Waals surface area contributed by atoms with Crippen LogP contribution in [0.3, 0.4) is 0 Å². The van der Waals surface area contributed by atoms with Gasteiger partial charge in [0.05, 0.1) is 12.2 Å². The molecular formula is C11H12N4OS. The number of imidazole rings is 1. The molecule has 0 spiro atoms. The minimum Gasteiger partial charge on any atom is -0.349 e. The second-order valence-corrected chi connectivity index (χ2v) is 4.73. The first kappa shape index (κ1) is 10.5. The standard InChI is InChI=1S/C11H12N4OS/c16-10(9-2-1-3-12-9)13-6-8-7-15-4-5-17-11(15)14-8/h1-2,4-5,7,9,12H,3,6H2,(H,13,16)/t9-/m1/s1. The van der Waals surface area contributed by atoms with E-state index in [9.17, 15) is 4.79 Å². The van der Waals surface area contributed by atoms with Gasteiger partial charge in [-0.1, -0.05) is 12.2 Å². The van der Waals surface area contributed by atoms with Crippen LogP contribution < -0.4 is 10.6 Å². The van der Waals surface area contributed by atoms with Crippen LogP contribution in [0.5, 0.6) is 0 Å². The zero-order valence-electron chi connectivity index (χ0n) is 9.09. The van der Waals surface area contributed by atoms with Gasteiger partial charge in [0, 0.05) is 24.3 Å². The first-order valence-electron chi connectivity index (χ1n) is 5.42. The molecule has 2 aromatic heterocycles. The van der Waals surface area contributed by atoms with E-state index in [-0.39, 0.29) is 11.9 Å². The number of amides is 1. The van der Waals surface area contributed by atoms with Crippen LogP contribution in [-0.4, -0.2) is 27.9 Å². The van der Waals surface area contributed by atoms with Gasteiger partial charge in [0.2, 0.25) is 5.91 Å². The van der Waals surface area contributed by atoms with Crippen LogP contribution in [0.25, 0.3) is 4.96 Å². The summed E-state index contributed by atoms with van der Waals surface area (Å²) in [5.41, 5.74) is 0.882. The second-order valence-electron chi connectivity index (χ2n) is 3.86. The number of nitrogens with zero attached hydrogens (tertiary/aromatic N) is 2. The molecule has 1 amide bonds. The Kier molecular flexibility index (Phi) is 2.66. The van der Waals surface area contributed by atoms with Crippen molar-refractivity contribution in [3.8, 4) is 0 Å². The molecule has 0 unspecified atom stereocenters. The number of carbonyl (C=O) groups excluding carboxylic acids is 1. The topological polar surface area (TPSA) is 58.4 Å². The summed E-state index contributed by atoms with van der Waals surface area (Å²) in [4.78, 5) is 17.1. The fourth-order valence-electron chi connectivity index (χ4n) is 1.80. The van der Waals surface area contributed by atoms with Gasteiger partial charge in [-0.15, -0.1) is 11.3 Å². The molecule has 3 heterocycles. The Morgan fingerprint density at radius 3 is 3.41 bits per heavy atom. The molecule has 0 bridgehead atoms. The molecule has 0 fully saturated rings. The molecule has 88 valence electrons. The number of aromatic nitrogens is 2. The average Bonchev–Trinajstić information content (AvgIpc) is 3.01. The quantitative estimate of drug-likeness (QED) is 0.779. The molecule has 17 heavy (non-hydrogen) atoms. The summed E-state index contributed by atoms with van der Waals surface area (Å²) in [6.45, 7) is 1.23. The summed E-state index contributed by atoms with van der Waals surface area (Å²) in [6.07, 6.45) is 7.72. The largest absolute Gasteiger partial charge is 0.349 e. The van der Waals surface area contributed by atoms with E-state index in [0.717, 1.165) is 17.2 Å². The number of nitrogens with one attached hydrogen (secondary N) is 2. The maximum atomic E-state index is 11.7. The highest BCUT2D eigenvalue weighted by atomic mass is 32.1. The molecule has 3 rings (SSSR count). The minimum atomic E-state index is -0.196. The van der Waals surface area contributed by atoms with Crippen LogP contribution in [0.1, 0.15) is 5.69 Å². The van der Waals surface area contributed by atoms with Crippen molar-refractivity contribution >= 4 is 22.2 Å². The molecule has 0 saturated carbocycles. The first-order valence-corrected chi connectivity index (χ1v) is 6.30. The molecule has 0 radical (unpaired) electrons. The number of fused-ring (bicyclic) bond motifs is 1. The smallest absolute Gasteiger partial charge is 0.241 e. The fourth-order valence-corrected chi connectivity index (χ4v) is 2.52. The SMILES string of the molecule is O=C(NCc1cn2ccsc2n1)[C@H]1C=CCN1. The van der Waals surface area contributed by atoms with E-state index < -0.39 is 0 Å². The van der Waals surface area contributed by atoms with Crippen molar-refractivity contribution in [3.63, 3.8) is 0 Å². The van der Waals surface area contributed by atoms with Crippen molar-refractivity contribution in [3.05, 3.63) is 35.6 Å². The lowest BCUT2D eigenvalue weighted by Crippen LogP contribution is -2.40. The van der Waals surface area contributed by atoms with E-state index in [1.165, 1.54) is 0 Å². The van der Waals surface area contributed by atoms with Crippen LogP contribution in [0.15, 0.2) is 29.9 Å². The van der Waals surface area contributed by atoms with Gasteiger partial charge in [-0.25, -0.2) is 4.98 Å². The van der Waals surface area contributed by atoms with Gasteiger partial charge in [0.1, 0.15) is 6.04 Å². The lowest BCUT2D eigenvalue weighted by Gasteiger charge is -2.08. The third kappa shape index (κ3) is 2.09. The molecule has 6 heteroatoms. The van der Waals surface area contributed by atoms with E-state index in [0.29, 0.717) is 6.54 Å². The third-order valence-corrected chi connectivity index (χ3v) is 3.42. The number of rotatable bonds is 3. The third-order valence-electron chi connectivity index (χ3n) is 2.65. The van der Waals surface area contributed by atoms with Gasteiger partial charge >= 0.3 is 0 Å². The molecule has 0 aromatic carbocycles. The van der Waals surface area contributed by atoms with E-state index in [1.807, 2.05) is 34.3 Å². The Labute approximate surface area is 102 Å². The summed E-state index contributed by atoms with van der Waals surface area (Å²) in [7, 11) is 0. The molecule has 0 aliphatic carbocycles. The summed E-state index contributed by atoms with van der Waals surface area (Å²) < 4.78 is 1.96. The Hall–Kier alpha value is -1.66. The zero-order valence-corrected chi connectivity index (χ0v) is 9.91. The normalized spacial score (nSPS) is 18.9. The van der Waals surface area contributed by atoms with Crippen LogP contribution in [-0.2, 0) is 11.3 Å².